The molecule has 0 aromatic carbocycles. The van der Waals surface area contributed by atoms with E-state index in [0.29, 0.717) is 24.8 Å². The lowest BCUT2D eigenvalue weighted by Crippen LogP contribution is -3.70. The molecule has 0 radical (unpaired) electrons. The van der Waals surface area contributed by atoms with Gasteiger partial charge in [0.15, 0.2) is 0 Å². The van der Waals surface area contributed by atoms with E-state index in [1.54, 1.807) is 6.92 Å². The Morgan fingerprint density at radius 1 is 1.16 bits per heavy atom. The standard InChI is InChI=1S/C28H39IO9/c1-15-12-20(37-22(31)16(15)2)24(4,32)28(34)11-10-26(33)18-13-21-27(38-21)8-5-6-19(30)23(27,3)17(18)7-9-25(26,28)14-36-29-35/h17-18,20-21,32-34H,5-14H2,1-4H3/t17-,18+,20?,21+,23-,24-,25+,26+,27+,28+/m0/s1. The van der Waals surface area contributed by atoms with Gasteiger partial charge >= 0.3 is 28.0 Å². The highest BCUT2D eigenvalue weighted by Gasteiger charge is 2.84. The lowest BCUT2D eigenvalue weighted by molar-refractivity contribution is -1.27. The minimum atomic E-state index is -1.93. The molecule has 1 saturated heterocycles. The highest BCUT2D eigenvalue weighted by molar-refractivity contribution is 5.90. The number of carbonyl (C=O) groups is 2. The van der Waals surface area contributed by atoms with Gasteiger partial charge in [-0.3, -0.25) is 4.79 Å². The molecule has 5 fully saturated rings. The molecular weight excluding hydrogens is 607 g/mol. The fourth-order valence-electron chi connectivity index (χ4n) is 9.92. The fourth-order valence-corrected chi connectivity index (χ4v) is 10.6. The van der Waals surface area contributed by atoms with Crippen LogP contribution < -0.4 is 25.5 Å². The molecule has 6 rings (SSSR count). The molecule has 10 heteroatoms. The van der Waals surface area contributed by atoms with E-state index in [2.05, 4.69) is 0 Å². The number of Topliss-reactive ketones (excluding diaryl/α,β-unsaturated/α-hetero) is 1. The van der Waals surface area contributed by atoms with Gasteiger partial charge in [-0.05, 0) is 84.5 Å². The molecule has 0 bridgehead atoms. The van der Waals surface area contributed by atoms with Gasteiger partial charge in [0, 0.05) is 18.4 Å². The Bertz CT molecular complexity index is 1110. The van der Waals surface area contributed by atoms with Crippen LogP contribution in [-0.2, 0) is 22.1 Å². The van der Waals surface area contributed by atoms with E-state index < -0.39 is 67.3 Å². The van der Waals surface area contributed by atoms with Crippen molar-refractivity contribution in [3.8, 4) is 0 Å². The second-order valence-electron chi connectivity index (χ2n) is 13.3. The monoisotopic (exact) mass is 646 g/mol. The van der Waals surface area contributed by atoms with E-state index in [0.717, 1.165) is 18.4 Å². The van der Waals surface area contributed by atoms with Crippen molar-refractivity contribution in [2.45, 2.75) is 120 Å². The summed E-state index contributed by atoms with van der Waals surface area (Å²) in [6.07, 6.45) is 2.88. The minimum Gasteiger partial charge on any atom is -0.567 e. The van der Waals surface area contributed by atoms with Gasteiger partial charge in [-0.2, -0.15) is 0 Å². The van der Waals surface area contributed by atoms with Crippen molar-refractivity contribution in [3.63, 3.8) is 0 Å². The van der Waals surface area contributed by atoms with Crippen LogP contribution in [0.15, 0.2) is 11.1 Å². The van der Waals surface area contributed by atoms with Crippen molar-refractivity contribution in [1.29, 1.82) is 0 Å². The van der Waals surface area contributed by atoms with Gasteiger partial charge in [0.05, 0.1) is 22.5 Å². The number of hydrogen-bond donors (Lipinski definition) is 3. The van der Waals surface area contributed by atoms with Crippen LogP contribution in [0.25, 0.3) is 0 Å². The molecule has 2 heterocycles. The van der Waals surface area contributed by atoms with Crippen LogP contribution in [0.5, 0.6) is 0 Å². The summed E-state index contributed by atoms with van der Waals surface area (Å²) in [7, 11) is 0. The molecule has 0 amide bonds. The molecule has 0 aromatic heterocycles. The van der Waals surface area contributed by atoms with Crippen LogP contribution in [0.1, 0.15) is 85.5 Å². The van der Waals surface area contributed by atoms with Crippen molar-refractivity contribution < 1.29 is 62.9 Å². The van der Waals surface area contributed by atoms with E-state index in [-0.39, 0.29) is 56.0 Å². The fraction of sp³-hybridized carbons (Fsp3) is 0.857. The smallest absolute Gasteiger partial charge is 0.452 e. The zero-order valence-electron chi connectivity index (χ0n) is 22.5. The largest absolute Gasteiger partial charge is 0.567 e. The summed E-state index contributed by atoms with van der Waals surface area (Å²) in [5.74, 6) is -0.846. The number of fused-ring (bicyclic) bond motifs is 4. The Labute approximate surface area is 234 Å². The van der Waals surface area contributed by atoms with E-state index in [1.807, 2.05) is 13.8 Å². The molecule has 6 aliphatic rings. The summed E-state index contributed by atoms with van der Waals surface area (Å²) in [6.45, 7) is 6.79. The lowest BCUT2D eigenvalue weighted by atomic mass is 9.41. The van der Waals surface area contributed by atoms with E-state index in [9.17, 15) is 28.3 Å². The van der Waals surface area contributed by atoms with E-state index in [4.69, 9.17) is 12.5 Å². The Morgan fingerprint density at radius 3 is 2.58 bits per heavy atom. The maximum Gasteiger partial charge on any atom is 0.452 e. The molecule has 4 saturated carbocycles. The van der Waals surface area contributed by atoms with Gasteiger partial charge in [-0.1, -0.05) is 5.57 Å². The van der Waals surface area contributed by atoms with Gasteiger partial charge in [0.1, 0.15) is 35.3 Å². The highest BCUT2D eigenvalue weighted by atomic mass is 127. The first-order valence-electron chi connectivity index (χ1n) is 13.9. The van der Waals surface area contributed by atoms with Crippen molar-refractivity contribution in [2.75, 3.05) is 6.61 Å². The molecule has 2 aliphatic heterocycles. The number of ether oxygens (including phenoxy) is 2. The second-order valence-corrected chi connectivity index (χ2v) is 14.3. The zero-order valence-corrected chi connectivity index (χ0v) is 24.7. The number of carbonyl (C=O) groups excluding carboxylic acids is 2. The normalized spacial score (nSPS) is 51.4. The van der Waals surface area contributed by atoms with Crippen LogP contribution >= 0.6 is 0 Å². The predicted octanol–water partition coefficient (Wildman–Crippen LogP) is -1.75. The Hall–Kier alpha value is -0.630. The minimum absolute atomic E-state index is 0.0530. The maximum absolute atomic E-state index is 13.5. The molecule has 0 aromatic rings. The van der Waals surface area contributed by atoms with Crippen LogP contribution in [0.2, 0.25) is 0 Å². The van der Waals surface area contributed by atoms with Crippen LogP contribution in [-0.4, -0.2) is 68.3 Å². The first kappa shape index (κ1) is 27.5. The van der Waals surface area contributed by atoms with Crippen LogP contribution in [0, 0.1) is 22.7 Å². The SMILES string of the molecule is CC1=C(C)C(=O)OC([C@](C)(O)[C@]2(O)CC[C@@]3(O)[C@@H]4C[C@H]5O[C@]56CCCC(=O)[C@]6(C)[C@H]4CC[C@]23CO[I+][O-])C1. The van der Waals surface area contributed by atoms with Crippen LogP contribution in [0.4, 0.5) is 0 Å². The molecule has 212 valence electrons. The molecule has 3 N–H and O–H groups in total. The van der Waals surface area contributed by atoms with Crippen LogP contribution in [0.3, 0.4) is 0 Å². The van der Waals surface area contributed by atoms with Crippen molar-refractivity contribution >= 4 is 11.8 Å². The molecular formula is C28H39IO9. The number of rotatable bonds is 5. The number of hydrogen-bond acceptors (Lipinski definition) is 9. The number of epoxide rings is 1. The van der Waals surface area contributed by atoms with Crippen molar-refractivity contribution in [1.82, 2.24) is 0 Å². The first-order valence-corrected chi connectivity index (χ1v) is 15.7. The summed E-state index contributed by atoms with van der Waals surface area (Å²) in [4.78, 5) is 26.1. The quantitative estimate of drug-likeness (QED) is 0.180. The molecule has 38 heavy (non-hydrogen) atoms. The Morgan fingerprint density at radius 2 is 1.89 bits per heavy atom. The third-order valence-corrected chi connectivity index (χ3v) is 13.0. The van der Waals surface area contributed by atoms with Crippen molar-refractivity contribution in [3.05, 3.63) is 11.1 Å². The molecule has 1 unspecified atom stereocenters. The van der Waals surface area contributed by atoms with Gasteiger partial charge in [-0.25, -0.2) is 4.79 Å². The zero-order chi connectivity index (χ0) is 27.5. The molecule has 1 spiro atoms. The summed E-state index contributed by atoms with van der Waals surface area (Å²) in [5, 5.41) is 37.4. The number of cyclic esters (lactones) is 1. The van der Waals surface area contributed by atoms with Crippen molar-refractivity contribution in [2.24, 2.45) is 22.7 Å². The van der Waals surface area contributed by atoms with Gasteiger partial charge in [0.2, 0.25) is 0 Å². The highest BCUT2D eigenvalue weighted by Crippen LogP contribution is 2.75. The third kappa shape index (κ3) is 3.03. The van der Waals surface area contributed by atoms with Gasteiger partial charge in [-0.15, -0.1) is 3.07 Å². The first-order chi connectivity index (χ1) is 17.8. The third-order valence-electron chi connectivity index (χ3n) is 12.4. The predicted molar refractivity (Wildman–Crippen MR) is 126 cm³/mol. The average Bonchev–Trinajstić information content (AvgIpc) is 3.53. The maximum atomic E-state index is 13.5. The topological polar surface area (TPSA) is 149 Å². The number of halogens is 1. The number of ketones is 1. The summed E-state index contributed by atoms with van der Waals surface area (Å²) in [5.41, 5.74) is -6.59. The average molecular weight is 647 g/mol. The van der Waals surface area contributed by atoms with E-state index >= 15 is 0 Å². The Balaban J connectivity index is 1.43. The lowest BCUT2D eigenvalue weighted by Gasteiger charge is -2.64. The Kier molecular flexibility index (Phi) is 6.12. The van der Waals surface area contributed by atoms with Gasteiger partial charge < -0.3 is 28.2 Å². The molecule has 9 nitrogen and oxygen atoms in total. The van der Waals surface area contributed by atoms with Gasteiger partial charge in [0.25, 0.3) is 0 Å². The van der Waals surface area contributed by atoms with E-state index in [1.165, 1.54) is 6.92 Å². The number of aliphatic hydroxyl groups is 3. The summed E-state index contributed by atoms with van der Waals surface area (Å²) < 4.78 is 29.2. The number of esters is 1. The molecule has 4 aliphatic carbocycles. The summed E-state index contributed by atoms with van der Waals surface area (Å²) >= 11 is -1.87. The molecule has 10 atom stereocenters. The summed E-state index contributed by atoms with van der Waals surface area (Å²) in [6, 6.07) is 0. The second kappa shape index (κ2) is 8.45.